The highest BCUT2D eigenvalue weighted by atomic mass is 16.5. The summed E-state index contributed by atoms with van der Waals surface area (Å²) in [6.07, 6.45) is 6.58. The Morgan fingerprint density at radius 2 is 1.76 bits per heavy atom. The van der Waals surface area contributed by atoms with Gasteiger partial charge in [-0.25, -0.2) is 9.59 Å². The number of carboxylic acid groups (broad SMARTS) is 2. The third-order valence-corrected chi connectivity index (χ3v) is 6.71. The van der Waals surface area contributed by atoms with Gasteiger partial charge in [0.1, 0.15) is 5.52 Å². The molecule has 0 spiro atoms. The molecule has 4 N–H and O–H groups in total. The van der Waals surface area contributed by atoms with Crippen LogP contribution in [0.2, 0.25) is 0 Å². The molecule has 0 bridgehead atoms. The van der Waals surface area contributed by atoms with Gasteiger partial charge in [-0.1, -0.05) is 12.1 Å². The van der Waals surface area contributed by atoms with Gasteiger partial charge in [0.05, 0.1) is 11.2 Å². The fourth-order valence-corrected chi connectivity index (χ4v) is 4.53. The first kappa shape index (κ1) is 28.3. The van der Waals surface area contributed by atoms with Gasteiger partial charge < -0.3 is 25.4 Å². The van der Waals surface area contributed by atoms with Crippen LogP contribution >= 0.6 is 0 Å². The zero-order valence-corrected chi connectivity index (χ0v) is 21.3. The van der Waals surface area contributed by atoms with Gasteiger partial charge in [-0.05, 0) is 45.6 Å². The number of hydrogen-bond acceptors (Lipinski definition) is 7. The van der Waals surface area contributed by atoms with Crippen LogP contribution in [0.15, 0.2) is 36.5 Å². The summed E-state index contributed by atoms with van der Waals surface area (Å²) in [6, 6.07) is 6.45. The second kappa shape index (κ2) is 12.8. The molecule has 2 aromatic rings. The fourth-order valence-electron chi connectivity index (χ4n) is 4.53. The number of nitrogens with one attached hydrogen (secondary N) is 1. The van der Waals surface area contributed by atoms with Gasteiger partial charge in [0.25, 0.3) is 5.91 Å². The van der Waals surface area contributed by atoms with Crippen LogP contribution in [0.3, 0.4) is 0 Å². The van der Waals surface area contributed by atoms with Gasteiger partial charge in [0, 0.05) is 68.7 Å². The molecule has 2 saturated heterocycles. The SMILES string of the molecule is CC(C)n1cc2cccc(C(=O)NCC3(O)CCN(C4CCOCC4)CC3)c2n1.O=C(O)C=CC(=O)O. The zero-order chi connectivity index (χ0) is 27.0. The number of likely N-dealkylation sites (tertiary alicyclic amines) is 1. The Bertz CT molecular complexity index is 1100. The summed E-state index contributed by atoms with van der Waals surface area (Å²) in [4.78, 5) is 34.4. The van der Waals surface area contributed by atoms with E-state index in [9.17, 15) is 19.5 Å². The number of aliphatic carboxylic acids is 2. The topological polar surface area (TPSA) is 154 Å². The van der Waals surface area contributed by atoms with Crippen molar-refractivity contribution in [2.24, 2.45) is 0 Å². The van der Waals surface area contributed by atoms with E-state index < -0.39 is 17.5 Å². The molecule has 1 amide bonds. The molecule has 37 heavy (non-hydrogen) atoms. The summed E-state index contributed by atoms with van der Waals surface area (Å²) < 4.78 is 7.33. The maximum atomic E-state index is 12.8. The maximum Gasteiger partial charge on any atom is 0.328 e. The number of carbonyl (C=O) groups excluding carboxylic acids is 1. The Hall–Kier alpha value is -3.28. The lowest BCUT2D eigenvalue weighted by Gasteiger charge is -2.42. The Labute approximate surface area is 215 Å². The average Bonchev–Trinajstić information content (AvgIpc) is 3.33. The minimum atomic E-state index is -1.26. The highest BCUT2D eigenvalue weighted by Gasteiger charge is 2.35. The van der Waals surface area contributed by atoms with Crippen LogP contribution in [-0.2, 0) is 14.3 Å². The minimum Gasteiger partial charge on any atom is -0.478 e. The molecule has 11 heteroatoms. The van der Waals surface area contributed by atoms with Crippen LogP contribution in [0.5, 0.6) is 0 Å². The molecule has 4 rings (SSSR count). The summed E-state index contributed by atoms with van der Waals surface area (Å²) in [7, 11) is 0. The van der Waals surface area contributed by atoms with E-state index in [1.807, 2.05) is 23.0 Å². The predicted molar refractivity (Wildman–Crippen MR) is 136 cm³/mol. The van der Waals surface area contributed by atoms with Crippen molar-refractivity contribution < 1.29 is 34.4 Å². The van der Waals surface area contributed by atoms with Crippen molar-refractivity contribution in [3.05, 3.63) is 42.1 Å². The summed E-state index contributed by atoms with van der Waals surface area (Å²) >= 11 is 0. The second-order valence-corrected chi connectivity index (χ2v) is 9.74. The normalized spacial score (nSPS) is 18.5. The lowest BCUT2D eigenvalue weighted by Crippen LogP contribution is -2.53. The van der Waals surface area contributed by atoms with E-state index in [0.29, 0.717) is 42.1 Å². The molecule has 1 aromatic heterocycles. The third-order valence-electron chi connectivity index (χ3n) is 6.71. The number of nitrogens with zero attached hydrogens (tertiary/aromatic N) is 3. The van der Waals surface area contributed by atoms with Crippen LogP contribution in [-0.4, -0.2) is 92.3 Å². The van der Waals surface area contributed by atoms with Gasteiger partial charge in [-0.15, -0.1) is 0 Å². The fraction of sp³-hybridized carbons (Fsp3) is 0.538. The van der Waals surface area contributed by atoms with E-state index in [1.165, 1.54) is 0 Å². The Morgan fingerprint density at radius 3 is 2.32 bits per heavy atom. The average molecular weight is 517 g/mol. The summed E-state index contributed by atoms with van der Waals surface area (Å²) in [6.45, 7) is 7.80. The number of benzene rings is 1. The molecular formula is C26H36N4O7. The van der Waals surface area contributed by atoms with Gasteiger partial charge in [-0.3, -0.25) is 14.4 Å². The first-order valence-corrected chi connectivity index (χ1v) is 12.5. The number of carboxylic acids is 2. The highest BCUT2D eigenvalue weighted by Crippen LogP contribution is 2.26. The van der Waals surface area contributed by atoms with E-state index in [-0.39, 0.29) is 18.5 Å². The number of aliphatic hydroxyl groups is 1. The summed E-state index contributed by atoms with van der Waals surface area (Å²) in [5.41, 5.74) is 0.424. The maximum absolute atomic E-state index is 12.8. The van der Waals surface area contributed by atoms with Crippen LogP contribution in [0.1, 0.15) is 55.9 Å². The van der Waals surface area contributed by atoms with Crippen LogP contribution in [0.4, 0.5) is 0 Å². The molecule has 0 atom stereocenters. The number of aromatic nitrogens is 2. The quantitative estimate of drug-likeness (QED) is 0.405. The van der Waals surface area contributed by atoms with Gasteiger partial charge in [0.15, 0.2) is 0 Å². The molecule has 2 aliphatic rings. The lowest BCUT2D eigenvalue weighted by atomic mass is 9.89. The molecule has 0 unspecified atom stereocenters. The van der Waals surface area contributed by atoms with Crippen LogP contribution < -0.4 is 5.32 Å². The van der Waals surface area contributed by atoms with Crippen molar-refractivity contribution in [1.82, 2.24) is 20.0 Å². The van der Waals surface area contributed by atoms with E-state index in [1.54, 1.807) is 6.07 Å². The summed E-state index contributed by atoms with van der Waals surface area (Å²) in [5, 5.41) is 35.1. The molecule has 202 valence electrons. The number of fused-ring (bicyclic) bond motifs is 1. The number of ether oxygens (including phenoxy) is 1. The molecule has 3 heterocycles. The van der Waals surface area contributed by atoms with Gasteiger partial charge >= 0.3 is 11.9 Å². The Balaban J connectivity index is 0.000000414. The molecule has 2 aliphatic heterocycles. The van der Waals surface area contributed by atoms with Gasteiger partial charge in [0.2, 0.25) is 0 Å². The zero-order valence-electron chi connectivity index (χ0n) is 21.3. The molecule has 0 radical (unpaired) electrons. The number of amides is 1. The van der Waals surface area contributed by atoms with Crippen molar-refractivity contribution in [3.8, 4) is 0 Å². The van der Waals surface area contributed by atoms with E-state index in [4.69, 9.17) is 14.9 Å². The Morgan fingerprint density at radius 1 is 1.14 bits per heavy atom. The standard InChI is InChI=1S/C22H32N4O3.C4H4O4/c1-16(2)26-14-17-4-3-5-19(20(17)24-26)21(27)23-15-22(28)8-10-25(11-9-22)18-6-12-29-13-7-18;5-3(6)1-2-4(7)8/h3-5,14,16,18,28H,6-13,15H2,1-2H3,(H,23,27);1-2H,(H,5,6)(H,7,8). The first-order valence-electron chi connectivity index (χ1n) is 12.5. The molecule has 11 nitrogen and oxygen atoms in total. The number of hydrogen-bond donors (Lipinski definition) is 4. The van der Waals surface area contributed by atoms with Crippen molar-refractivity contribution in [2.75, 3.05) is 32.8 Å². The van der Waals surface area contributed by atoms with E-state index in [0.717, 1.165) is 44.5 Å². The lowest BCUT2D eigenvalue weighted by molar-refractivity contribution is -0.134. The third kappa shape index (κ3) is 8.11. The molecule has 2 fully saturated rings. The van der Waals surface area contributed by atoms with Crippen molar-refractivity contribution in [2.45, 2.75) is 57.2 Å². The minimum absolute atomic E-state index is 0.176. The number of rotatable bonds is 7. The van der Waals surface area contributed by atoms with Crippen molar-refractivity contribution in [1.29, 1.82) is 0 Å². The van der Waals surface area contributed by atoms with Gasteiger partial charge in [-0.2, -0.15) is 5.10 Å². The van der Waals surface area contributed by atoms with Crippen LogP contribution in [0.25, 0.3) is 10.9 Å². The molecule has 1 aromatic carbocycles. The van der Waals surface area contributed by atoms with Crippen molar-refractivity contribution >= 4 is 28.7 Å². The van der Waals surface area contributed by atoms with E-state index in [2.05, 4.69) is 29.2 Å². The number of piperidine rings is 1. The predicted octanol–water partition coefficient (Wildman–Crippen LogP) is 2.06. The number of carbonyl (C=O) groups is 3. The molecule has 0 aliphatic carbocycles. The second-order valence-electron chi connectivity index (χ2n) is 9.74. The first-order chi connectivity index (χ1) is 17.6. The van der Waals surface area contributed by atoms with E-state index >= 15 is 0 Å². The largest absolute Gasteiger partial charge is 0.478 e. The summed E-state index contributed by atoms with van der Waals surface area (Å²) in [5.74, 6) is -2.69. The highest BCUT2D eigenvalue weighted by molar-refractivity contribution is 6.05. The molecule has 0 saturated carbocycles. The smallest absolute Gasteiger partial charge is 0.328 e. The molecular weight excluding hydrogens is 480 g/mol. The Kier molecular flexibility index (Phi) is 9.79. The monoisotopic (exact) mass is 516 g/mol. The van der Waals surface area contributed by atoms with Crippen molar-refractivity contribution in [3.63, 3.8) is 0 Å². The van der Waals surface area contributed by atoms with Crippen LogP contribution in [0, 0.1) is 0 Å².